The normalized spacial score (nSPS) is 35.0. The number of likely N-dealkylation sites (N-methyl/N-ethyl adjacent to an activating group) is 1. The summed E-state index contributed by atoms with van der Waals surface area (Å²) in [5.41, 5.74) is 0.429. The zero-order valence-electron chi connectivity index (χ0n) is 18.5. The number of hydrogen-bond donors (Lipinski definition) is 0. The molecular formula is C23H43NO3. The summed E-state index contributed by atoms with van der Waals surface area (Å²) in [6, 6.07) is 0. The zero-order chi connectivity index (χ0) is 19.5. The third-order valence-corrected chi connectivity index (χ3v) is 7.07. The Bertz CT molecular complexity index is 451. The average Bonchev–Trinajstić information content (AvgIpc) is 3.23. The lowest BCUT2D eigenvalue weighted by Gasteiger charge is -2.43. The van der Waals surface area contributed by atoms with Crippen LogP contribution in [-0.2, 0) is 14.2 Å². The highest BCUT2D eigenvalue weighted by Crippen LogP contribution is 2.48. The first-order valence-corrected chi connectivity index (χ1v) is 11.4. The molecule has 3 fully saturated rings. The van der Waals surface area contributed by atoms with Gasteiger partial charge in [0.25, 0.3) is 0 Å². The molecule has 0 amide bonds. The first-order chi connectivity index (χ1) is 12.8. The fraction of sp³-hybridized carbons (Fsp3) is 1.00. The maximum absolute atomic E-state index is 6.47. The van der Waals surface area contributed by atoms with E-state index in [-0.39, 0.29) is 11.9 Å². The van der Waals surface area contributed by atoms with Crippen LogP contribution in [0, 0.1) is 17.3 Å². The highest BCUT2D eigenvalue weighted by Gasteiger charge is 2.46. The Kier molecular flexibility index (Phi) is 7.27. The van der Waals surface area contributed by atoms with Crippen molar-refractivity contribution >= 4 is 0 Å². The van der Waals surface area contributed by atoms with E-state index in [1.807, 2.05) is 0 Å². The summed E-state index contributed by atoms with van der Waals surface area (Å²) in [4.78, 5) is 2.40. The van der Waals surface area contributed by atoms with E-state index >= 15 is 0 Å². The van der Waals surface area contributed by atoms with Crippen LogP contribution >= 0.6 is 0 Å². The molecule has 0 N–H and O–H groups in total. The molecule has 0 aromatic rings. The molecule has 0 radical (unpaired) electrons. The number of nitrogens with zero attached hydrogens (tertiary/aromatic N) is 1. The molecule has 0 bridgehead atoms. The Hall–Kier alpha value is -0.160. The number of ether oxygens (including phenoxy) is 3. The van der Waals surface area contributed by atoms with Crippen molar-refractivity contribution in [3.05, 3.63) is 0 Å². The predicted octanol–water partition coefficient (Wildman–Crippen LogP) is 4.86. The lowest BCUT2D eigenvalue weighted by Crippen LogP contribution is -2.40. The minimum atomic E-state index is -0.276. The summed E-state index contributed by atoms with van der Waals surface area (Å²) < 4.78 is 18.5. The summed E-state index contributed by atoms with van der Waals surface area (Å²) in [7, 11) is 2.20. The van der Waals surface area contributed by atoms with Crippen LogP contribution in [0.15, 0.2) is 0 Å². The van der Waals surface area contributed by atoms with E-state index in [0.717, 1.165) is 57.4 Å². The molecule has 2 atom stereocenters. The fourth-order valence-electron chi connectivity index (χ4n) is 5.67. The molecule has 2 saturated heterocycles. The minimum Gasteiger partial charge on any atom is -0.377 e. The van der Waals surface area contributed by atoms with Gasteiger partial charge in [0.05, 0.1) is 18.8 Å². The van der Waals surface area contributed by atoms with E-state index in [2.05, 4.69) is 39.6 Å². The van der Waals surface area contributed by atoms with E-state index in [9.17, 15) is 0 Å². The van der Waals surface area contributed by atoms with E-state index in [1.54, 1.807) is 0 Å². The monoisotopic (exact) mass is 381 g/mol. The van der Waals surface area contributed by atoms with E-state index in [4.69, 9.17) is 14.2 Å². The first-order valence-electron chi connectivity index (χ1n) is 11.4. The third kappa shape index (κ3) is 5.91. The van der Waals surface area contributed by atoms with Crippen LogP contribution in [0.3, 0.4) is 0 Å². The van der Waals surface area contributed by atoms with Crippen molar-refractivity contribution in [3.63, 3.8) is 0 Å². The highest BCUT2D eigenvalue weighted by molar-refractivity contribution is 4.90. The van der Waals surface area contributed by atoms with Crippen LogP contribution in [0.1, 0.15) is 79.1 Å². The molecule has 2 unspecified atom stereocenters. The van der Waals surface area contributed by atoms with Crippen LogP contribution in [-0.4, -0.2) is 56.2 Å². The third-order valence-electron chi connectivity index (χ3n) is 7.07. The SMILES string of the molecule is CC(C)CC(C)(C)C1CCC2(CC1)OCC(CCN(C)CC1CCCO1)O2. The Morgan fingerprint density at radius 2 is 1.85 bits per heavy atom. The molecule has 1 saturated carbocycles. The predicted molar refractivity (Wildman–Crippen MR) is 110 cm³/mol. The smallest absolute Gasteiger partial charge is 0.168 e. The second-order valence-corrected chi connectivity index (χ2v) is 10.5. The molecule has 27 heavy (non-hydrogen) atoms. The van der Waals surface area contributed by atoms with Crippen molar-refractivity contribution in [2.75, 3.05) is 33.4 Å². The number of hydrogen-bond acceptors (Lipinski definition) is 4. The Morgan fingerprint density at radius 1 is 1.11 bits per heavy atom. The summed E-state index contributed by atoms with van der Waals surface area (Å²) in [6.45, 7) is 13.4. The molecule has 3 rings (SSSR count). The maximum Gasteiger partial charge on any atom is 0.168 e. The molecule has 0 aromatic heterocycles. The van der Waals surface area contributed by atoms with Crippen LogP contribution in [0.25, 0.3) is 0 Å². The summed E-state index contributed by atoms with van der Waals surface area (Å²) in [5, 5.41) is 0. The van der Waals surface area contributed by atoms with Crippen molar-refractivity contribution in [1.29, 1.82) is 0 Å². The summed E-state index contributed by atoms with van der Waals surface area (Å²) in [5.74, 6) is 1.29. The highest BCUT2D eigenvalue weighted by atomic mass is 16.7. The van der Waals surface area contributed by atoms with Gasteiger partial charge in [-0.1, -0.05) is 27.7 Å². The largest absolute Gasteiger partial charge is 0.377 e. The lowest BCUT2D eigenvalue weighted by molar-refractivity contribution is -0.198. The molecule has 2 aliphatic heterocycles. The van der Waals surface area contributed by atoms with Gasteiger partial charge in [-0.2, -0.15) is 0 Å². The molecule has 4 heteroatoms. The van der Waals surface area contributed by atoms with Gasteiger partial charge in [0.15, 0.2) is 5.79 Å². The molecule has 158 valence electrons. The van der Waals surface area contributed by atoms with Gasteiger partial charge in [0.2, 0.25) is 0 Å². The van der Waals surface area contributed by atoms with Crippen molar-refractivity contribution in [3.8, 4) is 0 Å². The lowest BCUT2D eigenvalue weighted by atomic mass is 9.66. The number of rotatable bonds is 8. The van der Waals surface area contributed by atoms with Crippen LogP contribution in [0.4, 0.5) is 0 Å². The van der Waals surface area contributed by atoms with Crippen molar-refractivity contribution in [2.24, 2.45) is 17.3 Å². The molecule has 2 heterocycles. The van der Waals surface area contributed by atoms with Crippen LogP contribution in [0.5, 0.6) is 0 Å². The second kappa shape index (κ2) is 9.11. The summed E-state index contributed by atoms with van der Waals surface area (Å²) in [6.07, 6.45) is 10.1. The molecule has 1 spiro atoms. The Labute approximate surface area is 167 Å². The quantitative estimate of drug-likeness (QED) is 0.601. The van der Waals surface area contributed by atoms with Gasteiger partial charge in [-0.25, -0.2) is 0 Å². The van der Waals surface area contributed by atoms with Gasteiger partial charge < -0.3 is 19.1 Å². The molecule has 3 aliphatic rings. The molecular weight excluding hydrogens is 338 g/mol. The minimum absolute atomic E-state index is 0.261. The first kappa shape index (κ1) is 21.5. The maximum atomic E-state index is 6.47. The van der Waals surface area contributed by atoms with Gasteiger partial charge in [0, 0.05) is 32.5 Å². The van der Waals surface area contributed by atoms with Gasteiger partial charge >= 0.3 is 0 Å². The van der Waals surface area contributed by atoms with Crippen molar-refractivity contribution in [1.82, 2.24) is 4.90 Å². The van der Waals surface area contributed by atoms with Crippen molar-refractivity contribution < 1.29 is 14.2 Å². The standard InChI is InChI=1S/C23H43NO3/c1-18(2)15-22(3,4)19-8-11-23(12-9-19)26-17-21(27-23)10-13-24(5)16-20-7-6-14-25-20/h18-21H,6-17H2,1-5H3. The summed E-state index contributed by atoms with van der Waals surface area (Å²) >= 11 is 0. The molecule has 0 aromatic carbocycles. The average molecular weight is 382 g/mol. The fourth-order valence-corrected chi connectivity index (χ4v) is 5.67. The van der Waals surface area contributed by atoms with Crippen LogP contribution in [0.2, 0.25) is 0 Å². The second-order valence-electron chi connectivity index (χ2n) is 10.5. The van der Waals surface area contributed by atoms with Gasteiger partial charge in [-0.05, 0) is 62.8 Å². The van der Waals surface area contributed by atoms with E-state index < -0.39 is 0 Å². The Morgan fingerprint density at radius 3 is 2.48 bits per heavy atom. The van der Waals surface area contributed by atoms with Gasteiger partial charge in [-0.3, -0.25) is 0 Å². The van der Waals surface area contributed by atoms with E-state index in [0.29, 0.717) is 11.5 Å². The zero-order valence-corrected chi connectivity index (χ0v) is 18.5. The van der Waals surface area contributed by atoms with E-state index in [1.165, 1.54) is 32.1 Å². The van der Waals surface area contributed by atoms with Crippen molar-refractivity contribution in [2.45, 2.75) is 97.1 Å². The molecule has 1 aliphatic carbocycles. The van der Waals surface area contributed by atoms with Gasteiger partial charge in [-0.15, -0.1) is 0 Å². The Balaban J connectivity index is 1.39. The van der Waals surface area contributed by atoms with Crippen LogP contribution < -0.4 is 0 Å². The topological polar surface area (TPSA) is 30.9 Å². The van der Waals surface area contributed by atoms with Gasteiger partial charge in [0.1, 0.15) is 0 Å². The molecule has 4 nitrogen and oxygen atoms in total.